The Morgan fingerprint density at radius 3 is 1.53 bits per heavy atom. The second-order valence-electron chi connectivity index (χ2n) is 3.99. The summed E-state index contributed by atoms with van der Waals surface area (Å²) in [6, 6.07) is 0. The van der Waals surface area contributed by atoms with E-state index in [-0.39, 0.29) is 0 Å². The second kappa shape index (κ2) is 6.16. The van der Waals surface area contributed by atoms with Crippen molar-refractivity contribution in [2.45, 2.75) is 46.0 Å². The molecule has 0 fully saturated rings. The van der Waals surface area contributed by atoms with Gasteiger partial charge in [-0.1, -0.05) is 6.42 Å². The Labute approximate surface area is 109 Å². The number of unbranched alkanes of at least 4 members (excludes halogenated alkanes) is 2. The highest BCUT2D eigenvalue weighted by atomic mass is 32.1. The van der Waals surface area contributed by atoms with Crippen LogP contribution in [0.15, 0.2) is 0 Å². The summed E-state index contributed by atoms with van der Waals surface area (Å²) in [4.78, 5) is 0. The van der Waals surface area contributed by atoms with E-state index >= 15 is 0 Å². The lowest BCUT2D eigenvalue weighted by molar-refractivity contribution is 0.669. The number of nitrogens with zero attached hydrogens (tertiary/aromatic N) is 4. The molecule has 0 aliphatic heterocycles. The molecule has 0 radical (unpaired) electrons. The second-order valence-corrected chi connectivity index (χ2v) is 6.52. The lowest BCUT2D eigenvalue weighted by atomic mass is 10.1. The highest BCUT2D eigenvalue weighted by Crippen LogP contribution is 2.14. The molecule has 2 heterocycles. The minimum atomic E-state index is 1.06. The summed E-state index contributed by atoms with van der Waals surface area (Å²) in [6.07, 6.45) is 5.71. The van der Waals surface area contributed by atoms with Gasteiger partial charge in [0.05, 0.1) is 0 Å². The first-order valence-corrected chi connectivity index (χ1v) is 7.45. The van der Waals surface area contributed by atoms with E-state index in [4.69, 9.17) is 0 Å². The normalized spacial score (nSPS) is 10.9. The van der Waals surface area contributed by atoms with E-state index in [1.807, 2.05) is 13.8 Å². The fourth-order valence-electron chi connectivity index (χ4n) is 1.61. The van der Waals surface area contributed by atoms with Crippen molar-refractivity contribution in [2.75, 3.05) is 0 Å². The Kier molecular flexibility index (Phi) is 4.56. The van der Waals surface area contributed by atoms with Gasteiger partial charge in [-0.3, -0.25) is 0 Å². The number of rotatable bonds is 6. The zero-order valence-corrected chi connectivity index (χ0v) is 11.8. The van der Waals surface area contributed by atoms with E-state index in [9.17, 15) is 0 Å². The van der Waals surface area contributed by atoms with Crippen molar-refractivity contribution >= 4 is 22.7 Å². The Balaban J connectivity index is 1.60. The van der Waals surface area contributed by atoms with E-state index in [0.29, 0.717) is 0 Å². The third kappa shape index (κ3) is 4.12. The summed E-state index contributed by atoms with van der Waals surface area (Å²) >= 11 is 3.41. The highest BCUT2D eigenvalue weighted by Gasteiger charge is 2.02. The van der Waals surface area contributed by atoms with Gasteiger partial charge >= 0.3 is 0 Å². The van der Waals surface area contributed by atoms with Gasteiger partial charge in [-0.15, -0.1) is 43.1 Å². The minimum Gasteiger partial charge on any atom is -0.144 e. The monoisotopic (exact) mass is 268 g/mol. The predicted octanol–water partition coefficient (Wildman–Crippen LogP) is 2.96. The number of hydrogen-bond acceptors (Lipinski definition) is 6. The Hall–Kier alpha value is -0.880. The fourth-order valence-corrected chi connectivity index (χ4v) is 3.11. The van der Waals surface area contributed by atoms with E-state index < -0.39 is 0 Å². The number of aryl methyl sites for hydroxylation is 4. The van der Waals surface area contributed by atoms with Crippen molar-refractivity contribution in [1.29, 1.82) is 0 Å². The zero-order chi connectivity index (χ0) is 12.1. The topological polar surface area (TPSA) is 51.6 Å². The van der Waals surface area contributed by atoms with Gasteiger partial charge in [0.25, 0.3) is 0 Å². The van der Waals surface area contributed by atoms with Crippen LogP contribution < -0.4 is 0 Å². The smallest absolute Gasteiger partial charge is 0.117 e. The molecule has 0 unspecified atom stereocenters. The summed E-state index contributed by atoms with van der Waals surface area (Å²) < 4.78 is 0. The summed E-state index contributed by atoms with van der Waals surface area (Å²) in [5.74, 6) is 0. The zero-order valence-electron chi connectivity index (χ0n) is 10.1. The van der Waals surface area contributed by atoms with Crippen LogP contribution in [-0.4, -0.2) is 20.4 Å². The average molecular weight is 268 g/mol. The Bertz CT molecular complexity index is 421. The van der Waals surface area contributed by atoms with Crippen LogP contribution in [0.1, 0.15) is 39.3 Å². The van der Waals surface area contributed by atoms with Crippen LogP contribution in [-0.2, 0) is 12.8 Å². The maximum Gasteiger partial charge on any atom is 0.117 e. The molecule has 2 aromatic rings. The van der Waals surface area contributed by atoms with Crippen LogP contribution in [0.4, 0.5) is 0 Å². The van der Waals surface area contributed by atoms with Crippen molar-refractivity contribution in [1.82, 2.24) is 20.4 Å². The van der Waals surface area contributed by atoms with Crippen LogP contribution in [0.5, 0.6) is 0 Å². The van der Waals surface area contributed by atoms with Gasteiger partial charge in [-0.05, 0) is 26.7 Å². The van der Waals surface area contributed by atoms with Crippen molar-refractivity contribution in [3.05, 3.63) is 20.0 Å². The molecule has 0 spiro atoms. The van der Waals surface area contributed by atoms with Crippen molar-refractivity contribution in [2.24, 2.45) is 0 Å². The first kappa shape index (κ1) is 12.6. The highest BCUT2D eigenvalue weighted by molar-refractivity contribution is 7.11. The van der Waals surface area contributed by atoms with E-state index in [1.54, 1.807) is 22.7 Å². The van der Waals surface area contributed by atoms with E-state index in [0.717, 1.165) is 32.9 Å². The first-order chi connectivity index (χ1) is 8.24. The third-order valence-corrected chi connectivity index (χ3v) is 4.21. The van der Waals surface area contributed by atoms with Gasteiger partial charge in [0, 0.05) is 12.8 Å². The molecule has 0 saturated carbocycles. The van der Waals surface area contributed by atoms with Gasteiger partial charge in [-0.2, -0.15) is 0 Å². The molecular formula is C11H16N4S2. The number of aromatic nitrogens is 4. The Morgan fingerprint density at radius 2 is 1.18 bits per heavy atom. The summed E-state index contributed by atoms with van der Waals surface area (Å²) in [7, 11) is 0. The van der Waals surface area contributed by atoms with Gasteiger partial charge in [-0.25, -0.2) is 0 Å². The molecule has 0 amide bonds. The lowest BCUT2D eigenvalue weighted by Gasteiger charge is -1.96. The molecule has 92 valence electrons. The van der Waals surface area contributed by atoms with Crippen molar-refractivity contribution in [3.63, 3.8) is 0 Å². The van der Waals surface area contributed by atoms with Gasteiger partial charge in [0.15, 0.2) is 0 Å². The molecule has 0 N–H and O–H groups in total. The van der Waals surface area contributed by atoms with Gasteiger partial charge < -0.3 is 0 Å². The standard InChI is InChI=1S/C11H16N4S2/c1-8-12-14-10(16-8)6-4-3-5-7-11-15-13-9(2)17-11/h3-7H2,1-2H3. The molecule has 4 nitrogen and oxygen atoms in total. The SMILES string of the molecule is Cc1nnc(CCCCCc2nnc(C)s2)s1. The molecule has 0 atom stereocenters. The first-order valence-electron chi connectivity index (χ1n) is 5.82. The van der Waals surface area contributed by atoms with E-state index in [2.05, 4.69) is 20.4 Å². The van der Waals surface area contributed by atoms with Crippen LogP contribution in [0.3, 0.4) is 0 Å². The molecule has 0 aromatic carbocycles. The summed E-state index contributed by atoms with van der Waals surface area (Å²) in [5.41, 5.74) is 0. The van der Waals surface area contributed by atoms with Crippen LogP contribution in [0.2, 0.25) is 0 Å². The summed E-state index contributed by atoms with van der Waals surface area (Å²) in [6.45, 7) is 4.00. The largest absolute Gasteiger partial charge is 0.144 e. The third-order valence-electron chi connectivity index (χ3n) is 2.42. The quantitative estimate of drug-likeness (QED) is 0.756. The Morgan fingerprint density at radius 1 is 0.706 bits per heavy atom. The van der Waals surface area contributed by atoms with Crippen molar-refractivity contribution < 1.29 is 0 Å². The molecule has 6 heteroatoms. The molecule has 2 rings (SSSR count). The molecule has 0 bridgehead atoms. The predicted molar refractivity (Wildman–Crippen MR) is 70.6 cm³/mol. The minimum absolute atomic E-state index is 1.06. The maximum absolute atomic E-state index is 4.12. The van der Waals surface area contributed by atoms with Crippen molar-refractivity contribution in [3.8, 4) is 0 Å². The van der Waals surface area contributed by atoms with Crippen LogP contribution in [0.25, 0.3) is 0 Å². The van der Waals surface area contributed by atoms with Gasteiger partial charge in [0.1, 0.15) is 20.0 Å². The molecule has 17 heavy (non-hydrogen) atoms. The van der Waals surface area contributed by atoms with Crippen LogP contribution >= 0.6 is 22.7 Å². The van der Waals surface area contributed by atoms with E-state index in [1.165, 1.54) is 19.3 Å². The molecule has 0 aliphatic rings. The number of hydrogen-bond donors (Lipinski definition) is 0. The summed E-state index contributed by atoms with van der Waals surface area (Å²) in [5, 5.41) is 20.7. The molecule has 0 aliphatic carbocycles. The van der Waals surface area contributed by atoms with Crippen LogP contribution in [0, 0.1) is 13.8 Å². The molecule has 0 saturated heterocycles. The molecule has 2 aromatic heterocycles. The lowest BCUT2D eigenvalue weighted by Crippen LogP contribution is -1.88. The average Bonchev–Trinajstić information content (AvgIpc) is 2.88. The maximum atomic E-state index is 4.12. The fraction of sp³-hybridized carbons (Fsp3) is 0.636. The van der Waals surface area contributed by atoms with Gasteiger partial charge in [0.2, 0.25) is 0 Å². The molecular weight excluding hydrogens is 252 g/mol.